The lowest BCUT2D eigenvalue weighted by atomic mass is 10.0. The Morgan fingerprint density at radius 2 is 1.04 bits per heavy atom. The molecule has 6 heteroatoms. The molecule has 0 aromatic heterocycles. The van der Waals surface area contributed by atoms with E-state index in [9.17, 15) is 19.8 Å². The molecule has 0 heterocycles. The van der Waals surface area contributed by atoms with Gasteiger partial charge < -0.3 is 20.3 Å². The van der Waals surface area contributed by atoms with Gasteiger partial charge in [-0.15, -0.1) is 0 Å². The first kappa shape index (κ1) is 48.1. The Labute approximate surface area is 309 Å². The summed E-state index contributed by atoms with van der Waals surface area (Å²) in [6, 6.07) is -0.578. The molecule has 1 amide bonds. The molecule has 50 heavy (non-hydrogen) atoms. The van der Waals surface area contributed by atoms with E-state index in [1.165, 1.54) is 89.9 Å². The summed E-state index contributed by atoms with van der Waals surface area (Å²) in [7, 11) is 0. The summed E-state index contributed by atoms with van der Waals surface area (Å²) in [5.74, 6) is -0.153. The summed E-state index contributed by atoms with van der Waals surface area (Å²) < 4.78 is 5.41. The van der Waals surface area contributed by atoms with E-state index in [1.54, 1.807) is 0 Å². The highest BCUT2D eigenvalue weighted by Gasteiger charge is 2.19. The molecule has 0 saturated heterocycles. The van der Waals surface area contributed by atoms with E-state index in [2.05, 4.69) is 55.6 Å². The number of hydrogen-bond acceptors (Lipinski definition) is 5. The average molecular weight is 704 g/mol. The third kappa shape index (κ3) is 35.9. The maximum atomic E-state index is 12.3. The smallest absolute Gasteiger partial charge is 0.305 e. The molecule has 0 aliphatic rings. The molecule has 3 N–H and O–H groups in total. The van der Waals surface area contributed by atoms with E-state index in [0.29, 0.717) is 25.9 Å². The van der Waals surface area contributed by atoms with Crippen molar-refractivity contribution in [2.75, 3.05) is 13.2 Å². The van der Waals surface area contributed by atoms with Gasteiger partial charge in [-0.2, -0.15) is 0 Å². The lowest BCUT2D eigenvalue weighted by molar-refractivity contribution is -0.143. The molecule has 0 aliphatic heterocycles. The molecular weight excluding hydrogens is 622 g/mol. The minimum absolute atomic E-state index is 0.0519. The fraction of sp³-hybridized carbons (Fsp3) is 0.818. The normalized spacial score (nSPS) is 13.1. The van der Waals surface area contributed by atoms with Gasteiger partial charge in [0.15, 0.2) is 0 Å². The topological polar surface area (TPSA) is 95.9 Å². The summed E-state index contributed by atoms with van der Waals surface area (Å²) in [6.07, 6.45) is 45.3. The molecule has 2 unspecified atom stereocenters. The van der Waals surface area contributed by atoms with Gasteiger partial charge >= 0.3 is 5.97 Å². The van der Waals surface area contributed by atoms with Crippen LogP contribution in [-0.4, -0.2) is 47.4 Å². The summed E-state index contributed by atoms with van der Waals surface area (Å²) in [6.45, 7) is 4.77. The number of carbonyl (C=O) groups is 2. The fourth-order valence-electron chi connectivity index (χ4n) is 6.07. The van der Waals surface area contributed by atoms with Crippen molar-refractivity contribution in [2.24, 2.45) is 0 Å². The maximum absolute atomic E-state index is 12.3. The van der Waals surface area contributed by atoms with Crippen molar-refractivity contribution in [3.8, 4) is 0 Å². The van der Waals surface area contributed by atoms with E-state index in [-0.39, 0.29) is 18.5 Å². The van der Waals surface area contributed by atoms with Crippen LogP contribution >= 0.6 is 0 Å². The van der Waals surface area contributed by atoms with Crippen LogP contribution in [0.2, 0.25) is 0 Å². The number of unbranched alkanes of at least 4 members (excludes halogenated alkanes) is 21. The van der Waals surface area contributed by atoms with Crippen molar-refractivity contribution in [1.29, 1.82) is 0 Å². The number of nitrogens with one attached hydrogen (secondary N) is 1. The monoisotopic (exact) mass is 704 g/mol. The van der Waals surface area contributed by atoms with Gasteiger partial charge in [-0.05, 0) is 70.6 Å². The molecule has 0 bridgehead atoms. The molecule has 0 aromatic rings. The minimum Gasteiger partial charge on any atom is -0.466 e. The van der Waals surface area contributed by atoms with Crippen LogP contribution in [0.3, 0.4) is 0 Å². The Hall–Kier alpha value is -1.92. The van der Waals surface area contributed by atoms with Gasteiger partial charge in [-0.3, -0.25) is 9.59 Å². The highest BCUT2D eigenvalue weighted by Crippen LogP contribution is 2.14. The van der Waals surface area contributed by atoms with Crippen molar-refractivity contribution < 1.29 is 24.5 Å². The van der Waals surface area contributed by atoms with Crippen LogP contribution in [0.15, 0.2) is 36.5 Å². The van der Waals surface area contributed by atoms with E-state index < -0.39 is 12.1 Å². The first-order valence-corrected chi connectivity index (χ1v) is 21.2. The summed E-state index contributed by atoms with van der Waals surface area (Å²) >= 11 is 0. The SMILES string of the molecule is CCCC/C=C\C/C=C\CCCCCCCC(=O)OCCCCCC/C=C\CCCC(=O)NC(CO)C(O)CCCCCCCCCCCC. The Kier molecular flexibility index (Phi) is 38.3. The number of allylic oxidation sites excluding steroid dienone is 6. The second-order valence-corrected chi connectivity index (χ2v) is 14.3. The number of hydrogen-bond donors (Lipinski definition) is 3. The lowest BCUT2D eigenvalue weighted by Gasteiger charge is -2.22. The zero-order valence-electron chi connectivity index (χ0n) is 32.9. The van der Waals surface area contributed by atoms with Gasteiger partial charge in [0.1, 0.15) is 0 Å². The van der Waals surface area contributed by atoms with Crippen LogP contribution in [-0.2, 0) is 14.3 Å². The Bertz CT molecular complexity index is 823. The number of carbonyl (C=O) groups excluding carboxylic acids is 2. The predicted octanol–water partition coefficient (Wildman–Crippen LogP) is 11.8. The molecule has 0 rings (SSSR count). The molecule has 0 radical (unpaired) electrons. The van der Waals surface area contributed by atoms with E-state index in [0.717, 1.165) is 83.5 Å². The van der Waals surface area contributed by atoms with E-state index in [1.807, 2.05) is 0 Å². The van der Waals surface area contributed by atoms with Gasteiger partial charge in [-0.1, -0.05) is 159 Å². The first-order valence-electron chi connectivity index (χ1n) is 21.2. The maximum Gasteiger partial charge on any atom is 0.305 e. The molecule has 0 saturated carbocycles. The highest BCUT2D eigenvalue weighted by molar-refractivity contribution is 5.76. The van der Waals surface area contributed by atoms with Crippen molar-refractivity contribution in [3.63, 3.8) is 0 Å². The summed E-state index contributed by atoms with van der Waals surface area (Å²) in [4.78, 5) is 24.3. The number of ether oxygens (including phenoxy) is 1. The zero-order chi connectivity index (χ0) is 36.6. The summed E-state index contributed by atoms with van der Waals surface area (Å²) in [5.41, 5.74) is 0. The number of rotatable bonds is 38. The molecule has 0 aromatic carbocycles. The van der Waals surface area contributed by atoms with Crippen LogP contribution in [0.5, 0.6) is 0 Å². The largest absolute Gasteiger partial charge is 0.466 e. The number of aliphatic hydroxyl groups excluding tert-OH is 2. The quantitative estimate of drug-likeness (QED) is 0.0338. The Morgan fingerprint density at radius 1 is 0.560 bits per heavy atom. The van der Waals surface area contributed by atoms with Crippen LogP contribution in [0.1, 0.15) is 206 Å². The van der Waals surface area contributed by atoms with Crippen LogP contribution in [0.4, 0.5) is 0 Å². The average Bonchev–Trinajstić information content (AvgIpc) is 3.11. The van der Waals surface area contributed by atoms with Crippen LogP contribution in [0, 0.1) is 0 Å². The zero-order valence-corrected chi connectivity index (χ0v) is 32.9. The van der Waals surface area contributed by atoms with Gasteiger partial charge in [0.25, 0.3) is 0 Å². The third-order valence-electron chi connectivity index (χ3n) is 9.41. The predicted molar refractivity (Wildman–Crippen MR) is 213 cm³/mol. The lowest BCUT2D eigenvalue weighted by Crippen LogP contribution is -2.45. The second kappa shape index (κ2) is 39.9. The highest BCUT2D eigenvalue weighted by atomic mass is 16.5. The Morgan fingerprint density at radius 3 is 1.64 bits per heavy atom. The first-order chi connectivity index (χ1) is 24.5. The van der Waals surface area contributed by atoms with Gasteiger partial charge in [0, 0.05) is 12.8 Å². The second-order valence-electron chi connectivity index (χ2n) is 14.3. The minimum atomic E-state index is -0.694. The van der Waals surface area contributed by atoms with Crippen molar-refractivity contribution >= 4 is 11.9 Å². The number of amides is 1. The number of aliphatic hydroxyl groups is 2. The van der Waals surface area contributed by atoms with E-state index >= 15 is 0 Å². The molecule has 0 spiro atoms. The van der Waals surface area contributed by atoms with Crippen LogP contribution < -0.4 is 5.32 Å². The van der Waals surface area contributed by atoms with Gasteiger partial charge in [0.2, 0.25) is 5.91 Å². The van der Waals surface area contributed by atoms with E-state index in [4.69, 9.17) is 4.74 Å². The molecule has 6 nitrogen and oxygen atoms in total. The van der Waals surface area contributed by atoms with Crippen LogP contribution in [0.25, 0.3) is 0 Å². The van der Waals surface area contributed by atoms with Gasteiger partial charge in [0.05, 0.1) is 25.4 Å². The van der Waals surface area contributed by atoms with Crippen molar-refractivity contribution in [3.05, 3.63) is 36.5 Å². The Balaban J connectivity index is 3.58. The molecular formula is C44H81NO5. The number of esters is 1. The van der Waals surface area contributed by atoms with Gasteiger partial charge in [-0.25, -0.2) is 0 Å². The molecule has 0 aliphatic carbocycles. The standard InChI is InChI=1S/C44H81NO5/c1-3-5-7-9-11-13-15-16-17-18-22-26-30-34-38-44(49)50-39-35-31-27-23-19-21-25-29-33-37-43(48)45-41(40-46)42(47)36-32-28-24-20-14-12-10-8-6-4-2/h9,11,15-16,21,25,41-42,46-47H,3-8,10,12-14,17-20,22-24,26-40H2,1-2H3,(H,45,48)/b11-9-,16-15-,25-21-. The van der Waals surface area contributed by atoms with Crippen molar-refractivity contribution in [1.82, 2.24) is 5.32 Å². The molecule has 2 atom stereocenters. The molecule has 292 valence electrons. The fourth-order valence-corrected chi connectivity index (χ4v) is 6.07. The summed E-state index contributed by atoms with van der Waals surface area (Å²) in [5, 5.41) is 23.0. The van der Waals surface area contributed by atoms with Crippen molar-refractivity contribution in [2.45, 2.75) is 219 Å². The third-order valence-corrected chi connectivity index (χ3v) is 9.41. The molecule has 0 fully saturated rings.